The third-order valence-electron chi connectivity index (χ3n) is 3.36. The van der Waals surface area contributed by atoms with Gasteiger partial charge in [-0.3, -0.25) is 0 Å². The molecule has 0 N–H and O–H groups in total. The van der Waals surface area contributed by atoms with E-state index in [4.69, 9.17) is 0 Å². The number of benzene rings is 1. The molecule has 1 atom stereocenters. The Balaban J connectivity index is 2.01. The van der Waals surface area contributed by atoms with Crippen molar-refractivity contribution in [3.63, 3.8) is 0 Å². The van der Waals surface area contributed by atoms with Gasteiger partial charge in [-0.05, 0) is 44.0 Å². The van der Waals surface area contributed by atoms with Crippen molar-refractivity contribution in [2.45, 2.75) is 25.3 Å². The maximum Gasteiger partial charge on any atom is 0.0133 e. The van der Waals surface area contributed by atoms with E-state index >= 15 is 0 Å². The zero-order chi connectivity index (χ0) is 10.7. The fourth-order valence-electron chi connectivity index (χ4n) is 2.30. The first-order valence-corrected chi connectivity index (χ1v) is 5.71. The van der Waals surface area contributed by atoms with Gasteiger partial charge in [0.1, 0.15) is 0 Å². The Morgan fingerprint density at radius 3 is 2.67 bits per heavy atom. The molecule has 1 heterocycles. The van der Waals surface area contributed by atoms with Crippen molar-refractivity contribution >= 4 is 6.08 Å². The van der Waals surface area contributed by atoms with Crippen molar-refractivity contribution in [1.82, 2.24) is 4.90 Å². The summed E-state index contributed by atoms with van der Waals surface area (Å²) in [5.41, 5.74) is 2.65. The minimum Gasteiger partial charge on any atom is -0.303 e. The summed E-state index contributed by atoms with van der Waals surface area (Å²) in [7, 11) is 2.23. The average molecular weight is 201 g/mol. The van der Waals surface area contributed by atoms with E-state index in [1.807, 2.05) is 6.08 Å². The molecular weight excluding hydrogens is 182 g/mol. The second kappa shape index (κ2) is 4.63. The molecule has 1 saturated heterocycles. The maximum atomic E-state index is 3.77. The van der Waals surface area contributed by atoms with Crippen LogP contribution in [0.4, 0.5) is 0 Å². The first kappa shape index (κ1) is 10.4. The molecule has 1 aliphatic heterocycles. The fraction of sp³-hybridized carbons (Fsp3) is 0.429. The Hall–Kier alpha value is -1.08. The molecule has 15 heavy (non-hydrogen) atoms. The van der Waals surface area contributed by atoms with Crippen molar-refractivity contribution in [1.29, 1.82) is 0 Å². The summed E-state index contributed by atoms with van der Waals surface area (Å²) in [5, 5.41) is 0. The van der Waals surface area contributed by atoms with Crippen LogP contribution >= 0.6 is 0 Å². The quantitative estimate of drug-likeness (QED) is 0.726. The highest BCUT2D eigenvalue weighted by molar-refractivity contribution is 5.47. The Bertz CT molecular complexity index is 326. The average Bonchev–Trinajstić information content (AvgIpc) is 2.66. The fourth-order valence-corrected chi connectivity index (χ4v) is 2.30. The minimum atomic E-state index is 0.750. The molecule has 0 amide bonds. The van der Waals surface area contributed by atoms with Gasteiger partial charge in [0, 0.05) is 6.04 Å². The SMILES string of the molecule is C=Cc1ccc(CC2CCCN2C)cc1. The van der Waals surface area contributed by atoms with E-state index in [0.717, 1.165) is 6.04 Å². The Kier molecular flexibility index (Phi) is 3.22. The number of likely N-dealkylation sites (N-methyl/N-ethyl adjacent to an activating group) is 1. The van der Waals surface area contributed by atoms with Crippen LogP contribution in [-0.4, -0.2) is 24.5 Å². The van der Waals surface area contributed by atoms with Gasteiger partial charge in [-0.1, -0.05) is 36.9 Å². The summed E-state index contributed by atoms with van der Waals surface area (Å²) in [6.07, 6.45) is 5.78. The molecule has 1 aromatic rings. The number of hydrogen-bond acceptors (Lipinski definition) is 1. The smallest absolute Gasteiger partial charge is 0.0133 e. The molecule has 0 aromatic heterocycles. The predicted octanol–water partition coefficient (Wildman–Crippen LogP) is 2.97. The molecule has 0 radical (unpaired) electrons. The van der Waals surface area contributed by atoms with Gasteiger partial charge >= 0.3 is 0 Å². The maximum absolute atomic E-state index is 3.77. The lowest BCUT2D eigenvalue weighted by Crippen LogP contribution is -2.26. The molecule has 1 fully saturated rings. The van der Waals surface area contributed by atoms with Gasteiger partial charge in [0.2, 0.25) is 0 Å². The van der Waals surface area contributed by atoms with E-state index in [9.17, 15) is 0 Å². The van der Waals surface area contributed by atoms with Gasteiger partial charge in [-0.15, -0.1) is 0 Å². The van der Waals surface area contributed by atoms with E-state index in [1.165, 1.54) is 36.9 Å². The molecule has 2 rings (SSSR count). The summed E-state index contributed by atoms with van der Waals surface area (Å²) >= 11 is 0. The molecule has 80 valence electrons. The predicted molar refractivity (Wildman–Crippen MR) is 65.9 cm³/mol. The number of hydrogen-bond donors (Lipinski definition) is 0. The summed E-state index contributed by atoms with van der Waals surface area (Å²) in [6, 6.07) is 9.50. The van der Waals surface area contributed by atoms with E-state index in [-0.39, 0.29) is 0 Å². The highest BCUT2D eigenvalue weighted by Gasteiger charge is 2.20. The van der Waals surface area contributed by atoms with Crippen LogP contribution in [0.15, 0.2) is 30.8 Å². The lowest BCUT2D eigenvalue weighted by Gasteiger charge is -2.19. The zero-order valence-electron chi connectivity index (χ0n) is 9.45. The van der Waals surface area contributed by atoms with Crippen LogP contribution < -0.4 is 0 Å². The highest BCUT2D eigenvalue weighted by atomic mass is 15.1. The Morgan fingerprint density at radius 1 is 1.40 bits per heavy atom. The molecule has 0 saturated carbocycles. The molecule has 1 unspecified atom stereocenters. The van der Waals surface area contributed by atoms with Crippen LogP contribution in [0, 0.1) is 0 Å². The van der Waals surface area contributed by atoms with Gasteiger partial charge in [-0.25, -0.2) is 0 Å². The van der Waals surface area contributed by atoms with E-state index < -0.39 is 0 Å². The van der Waals surface area contributed by atoms with Crippen LogP contribution in [0.2, 0.25) is 0 Å². The molecule has 0 bridgehead atoms. The summed E-state index contributed by atoms with van der Waals surface area (Å²) in [5.74, 6) is 0. The second-order valence-electron chi connectivity index (χ2n) is 4.43. The van der Waals surface area contributed by atoms with Gasteiger partial charge in [0.15, 0.2) is 0 Å². The topological polar surface area (TPSA) is 3.24 Å². The molecule has 1 aromatic carbocycles. The molecule has 0 aliphatic carbocycles. The molecular formula is C14H19N. The zero-order valence-corrected chi connectivity index (χ0v) is 9.45. The van der Waals surface area contributed by atoms with Crippen molar-refractivity contribution in [2.75, 3.05) is 13.6 Å². The van der Waals surface area contributed by atoms with Crippen LogP contribution in [-0.2, 0) is 6.42 Å². The van der Waals surface area contributed by atoms with Gasteiger partial charge < -0.3 is 4.90 Å². The monoisotopic (exact) mass is 201 g/mol. The van der Waals surface area contributed by atoms with Crippen LogP contribution in [0.3, 0.4) is 0 Å². The second-order valence-corrected chi connectivity index (χ2v) is 4.43. The van der Waals surface area contributed by atoms with Crippen molar-refractivity contribution < 1.29 is 0 Å². The summed E-state index contributed by atoms with van der Waals surface area (Å²) in [4.78, 5) is 2.47. The summed E-state index contributed by atoms with van der Waals surface area (Å²) in [6.45, 7) is 5.03. The molecule has 0 spiro atoms. The van der Waals surface area contributed by atoms with Crippen molar-refractivity contribution in [3.05, 3.63) is 42.0 Å². The van der Waals surface area contributed by atoms with E-state index in [0.29, 0.717) is 0 Å². The number of rotatable bonds is 3. The highest BCUT2D eigenvalue weighted by Crippen LogP contribution is 2.19. The lowest BCUT2D eigenvalue weighted by atomic mass is 10.0. The Labute approximate surface area is 92.4 Å². The number of likely N-dealkylation sites (tertiary alicyclic amines) is 1. The summed E-state index contributed by atoms with van der Waals surface area (Å²) < 4.78 is 0. The molecule has 1 heteroatoms. The van der Waals surface area contributed by atoms with Crippen LogP contribution in [0.5, 0.6) is 0 Å². The van der Waals surface area contributed by atoms with Crippen molar-refractivity contribution in [3.8, 4) is 0 Å². The van der Waals surface area contributed by atoms with Crippen LogP contribution in [0.25, 0.3) is 6.08 Å². The molecule has 1 nitrogen and oxygen atoms in total. The Morgan fingerprint density at radius 2 is 2.13 bits per heavy atom. The van der Waals surface area contributed by atoms with Gasteiger partial charge in [-0.2, -0.15) is 0 Å². The minimum absolute atomic E-state index is 0.750. The van der Waals surface area contributed by atoms with Gasteiger partial charge in [0.25, 0.3) is 0 Å². The number of nitrogens with zero attached hydrogens (tertiary/aromatic N) is 1. The van der Waals surface area contributed by atoms with E-state index in [1.54, 1.807) is 0 Å². The standard InChI is InChI=1S/C14H19N/c1-3-12-6-8-13(9-7-12)11-14-5-4-10-15(14)2/h3,6-9,14H,1,4-5,10-11H2,2H3. The van der Waals surface area contributed by atoms with E-state index in [2.05, 4.69) is 42.8 Å². The first-order chi connectivity index (χ1) is 7.29. The van der Waals surface area contributed by atoms with Crippen molar-refractivity contribution in [2.24, 2.45) is 0 Å². The normalized spacial score (nSPS) is 21.8. The third kappa shape index (κ3) is 2.48. The van der Waals surface area contributed by atoms with Crippen LogP contribution in [0.1, 0.15) is 24.0 Å². The van der Waals surface area contributed by atoms with Gasteiger partial charge in [0.05, 0.1) is 0 Å². The third-order valence-corrected chi connectivity index (χ3v) is 3.36. The first-order valence-electron chi connectivity index (χ1n) is 5.71. The largest absolute Gasteiger partial charge is 0.303 e. The molecule has 1 aliphatic rings. The lowest BCUT2D eigenvalue weighted by molar-refractivity contribution is 0.309.